The maximum atomic E-state index is 15.0. The van der Waals surface area contributed by atoms with E-state index in [1.807, 2.05) is 19.1 Å². The summed E-state index contributed by atoms with van der Waals surface area (Å²) in [6, 6.07) is 14.1. The Balaban J connectivity index is 1.50. The molecular weight excluding hydrogens is 448 g/mol. The quantitative estimate of drug-likeness (QED) is 0.598. The summed E-state index contributed by atoms with van der Waals surface area (Å²) in [7, 11) is 0. The molecule has 170 valence electrons. The first kappa shape index (κ1) is 21.8. The van der Waals surface area contributed by atoms with Gasteiger partial charge >= 0.3 is 0 Å². The molecule has 1 aromatic heterocycles. The standard InChI is InChI=1S/C24H21F2N3O3S/c1-14-9-21(32-29-14)20-10-16-12-33-23(27-22(30)15-5-3-2-4-6-15)28-24(16,13-31-20)18-8-7-17(25)11-19(18)26/h2-9,11,16,20H,10,12-13H2,1H3,(H,27,28,30)/t16-,20+,24-/m0/s1. The summed E-state index contributed by atoms with van der Waals surface area (Å²) in [4.78, 5) is 17.5. The first-order valence-corrected chi connectivity index (χ1v) is 11.5. The van der Waals surface area contributed by atoms with Crippen LogP contribution in [0.25, 0.3) is 0 Å². The monoisotopic (exact) mass is 469 g/mol. The van der Waals surface area contributed by atoms with Crippen LogP contribution in [-0.4, -0.2) is 28.6 Å². The third-order valence-corrected chi connectivity index (χ3v) is 7.05. The van der Waals surface area contributed by atoms with Gasteiger partial charge in [-0.15, -0.1) is 0 Å². The molecule has 5 rings (SSSR count). The van der Waals surface area contributed by atoms with Crippen molar-refractivity contribution in [3.05, 3.63) is 88.8 Å². The number of benzene rings is 2. The topological polar surface area (TPSA) is 76.7 Å². The highest BCUT2D eigenvalue weighted by Crippen LogP contribution is 2.49. The second-order valence-electron chi connectivity index (χ2n) is 8.20. The molecule has 1 saturated heterocycles. The Kier molecular flexibility index (Phi) is 5.76. The van der Waals surface area contributed by atoms with Gasteiger partial charge in [0, 0.05) is 34.9 Å². The van der Waals surface area contributed by atoms with Crippen LogP contribution < -0.4 is 5.32 Å². The van der Waals surface area contributed by atoms with Crippen LogP contribution in [0, 0.1) is 24.5 Å². The van der Waals surface area contributed by atoms with Gasteiger partial charge in [-0.1, -0.05) is 41.2 Å². The molecule has 2 aliphatic rings. The van der Waals surface area contributed by atoms with E-state index in [0.717, 1.165) is 11.8 Å². The minimum atomic E-state index is -1.10. The molecule has 3 aromatic rings. The van der Waals surface area contributed by atoms with E-state index in [-0.39, 0.29) is 30.1 Å². The lowest BCUT2D eigenvalue weighted by Gasteiger charge is -2.46. The van der Waals surface area contributed by atoms with Crippen molar-refractivity contribution in [3.63, 3.8) is 0 Å². The molecule has 3 atom stereocenters. The van der Waals surface area contributed by atoms with Crippen molar-refractivity contribution >= 4 is 22.8 Å². The molecule has 3 heterocycles. The predicted molar refractivity (Wildman–Crippen MR) is 120 cm³/mol. The number of ether oxygens (including phenoxy) is 1. The minimum Gasteiger partial charge on any atom is -0.367 e. The number of carbonyl (C=O) groups is 1. The Hall–Kier alpha value is -3.04. The van der Waals surface area contributed by atoms with E-state index < -0.39 is 17.2 Å². The molecule has 0 aliphatic carbocycles. The van der Waals surface area contributed by atoms with Gasteiger partial charge in [0.1, 0.15) is 23.3 Å². The molecule has 0 radical (unpaired) electrons. The Morgan fingerprint density at radius 3 is 2.73 bits per heavy atom. The summed E-state index contributed by atoms with van der Waals surface area (Å²) in [5, 5.41) is 7.14. The number of rotatable bonds is 3. The molecule has 1 amide bonds. The van der Waals surface area contributed by atoms with Gasteiger partial charge in [-0.2, -0.15) is 0 Å². The number of fused-ring (bicyclic) bond motifs is 1. The number of nitrogens with one attached hydrogen (secondary N) is 1. The maximum absolute atomic E-state index is 15.0. The van der Waals surface area contributed by atoms with Crippen LogP contribution >= 0.6 is 11.8 Å². The molecule has 9 heteroatoms. The average Bonchev–Trinajstić information content (AvgIpc) is 3.25. The van der Waals surface area contributed by atoms with Crippen LogP contribution in [-0.2, 0) is 10.3 Å². The number of amidine groups is 1. The zero-order valence-electron chi connectivity index (χ0n) is 17.8. The fraction of sp³-hybridized carbons (Fsp3) is 0.292. The van der Waals surface area contributed by atoms with Crippen LogP contribution in [0.3, 0.4) is 0 Å². The Morgan fingerprint density at radius 1 is 1.18 bits per heavy atom. The molecule has 0 bridgehead atoms. The van der Waals surface area contributed by atoms with Crippen molar-refractivity contribution in [2.45, 2.75) is 25.0 Å². The van der Waals surface area contributed by atoms with Gasteiger partial charge in [0.2, 0.25) is 0 Å². The van der Waals surface area contributed by atoms with E-state index in [0.29, 0.717) is 28.7 Å². The molecule has 6 nitrogen and oxygen atoms in total. The highest BCUT2D eigenvalue weighted by molar-refractivity contribution is 8.13. The highest BCUT2D eigenvalue weighted by Gasteiger charge is 2.50. The molecule has 1 fully saturated rings. The number of thioether (sulfide) groups is 1. The van der Waals surface area contributed by atoms with Gasteiger partial charge in [0.25, 0.3) is 5.91 Å². The molecule has 33 heavy (non-hydrogen) atoms. The van der Waals surface area contributed by atoms with E-state index in [1.165, 1.54) is 23.9 Å². The highest BCUT2D eigenvalue weighted by atomic mass is 32.2. The van der Waals surface area contributed by atoms with Crippen LogP contribution in [0.1, 0.15) is 39.9 Å². The molecule has 0 unspecified atom stereocenters. The zero-order valence-corrected chi connectivity index (χ0v) is 18.6. The number of aromatic nitrogens is 1. The lowest BCUT2D eigenvalue weighted by atomic mass is 9.74. The lowest BCUT2D eigenvalue weighted by Crippen LogP contribution is -2.49. The molecule has 0 spiro atoms. The number of aryl methyl sites for hydroxylation is 1. The third kappa shape index (κ3) is 4.18. The second kappa shape index (κ2) is 8.72. The molecule has 1 N–H and O–H groups in total. The normalized spacial score (nSPS) is 24.6. The first-order chi connectivity index (χ1) is 15.9. The number of hydrogen-bond donors (Lipinski definition) is 1. The molecule has 2 aliphatic heterocycles. The SMILES string of the molecule is Cc1cc([C@H]2C[C@H]3CSC(NC(=O)c4ccccc4)=N[C@@]3(c3ccc(F)cc3F)CO2)on1. The van der Waals surface area contributed by atoms with Crippen molar-refractivity contribution in [1.82, 2.24) is 10.5 Å². The fourth-order valence-corrected chi connectivity index (χ4v) is 5.51. The van der Waals surface area contributed by atoms with Crippen molar-refractivity contribution in [1.29, 1.82) is 0 Å². The fourth-order valence-electron chi connectivity index (χ4n) is 4.34. The molecular formula is C24H21F2N3O3S. The number of hydrogen-bond acceptors (Lipinski definition) is 6. The van der Waals surface area contributed by atoms with Crippen molar-refractivity contribution in [2.24, 2.45) is 10.9 Å². The first-order valence-electron chi connectivity index (χ1n) is 10.5. The molecule has 2 aromatic carbocycles. The van der Waals surface area contributed by atoms with Crippen molar-refractivity contribution in [2.75, 3.05) is 12.4 Å². The Bertz CT molecular complexity index is 1220. The van der Waals surface area contributed by atoms with Crippen molar-refractivity contribution < 1.29 is 22.8 Å². The Labute approximate surface area is 193 Å². The smallest absolute Gasteiger partial charge is 0.257 e. The van der Waals surface area contributed by atoms with E-state index in [1.54, 1.807) is 24.3 Å². The van der Waals surface area contributed by atoms with E-state index in [4.69, 9.17) is 14.3 Å². The summed E-state index contributed by atoms with van der Waals surface area (Å²) >= 11 is 1.40. The molecule has 0 saturated carbocycles. The summed E-state index contributed by atoms with van der Waals surface area (Å²) in [5.41, 5.74) is 0.379. The summed E-state index contributed by atoms with van der Waals surface area (Å²) in [6.07, 6.45) is 0.172. The van der Waals surface area contributed by atoms with Crippen molar-refractivity contribution in [3.8, 4) is 0 Å². The van der Waals surface area contributed by atoms with Crippen LogP contribution in [0.2, 0.25) is 0 Å². The van der Waals surface area contributed by atoms with E-state index in [2.05, 4.69) is 10.5 Å². The zero-order chi connectivity index (χ0) is 23.0. The largest absolute Gasteiger partial charge is 0.367 e. The predicted octanol–water partition coefficient (Wildman–Crippen LogP) is 4.77. The average molecular weight is 470 g/mol. The van der Waals surface area contributed by atoms with Crippen LogP contribution in [0.4, 0.5) is 8.78 Å². The summed E-state index contributed by atoms with van der Waals surface area (Å²) in [5.74, 6) is -0.620. The third-order valence-electron chi connectivity index (χ3n) is 6.02. The number of carbonyl (C=O) groups excluding carboxylic acids is 1. The van der Waals surface area contributed by atoms with E-state index >= 15 is 0 Å². The second-order valence-corrected chi connectivity index (χ2v) is 9.21. The number of amides is 1. The van der Waals surface area contributed by atoms with Gasteiger partial charge in [0.15, 0.2) is 10.9 Å². The number of aliphatic imine (C=N–C) groups is 1. The van der Waals surface area contributed by atoms with Gasteiger partial charge < -0.3 is 14.6 Å². The number of halogens is 2. The van der Waals surface area contributed by atoms with Gasteiger partial charge in [0.05, 0.1) is 12.3 Å². The minimum absolute atomic E-state index is 0.0515. The van der Waals surface area contributed by atoms with Gasteiger partial charge in [-0.25, -0.2) is 13.8 Å². The van der Waals surface area contributed by atoms with Gasteiger partial charge in [-0.05, 0) is 31.5 Å². The summed E-state index contributed by atoms with van der Waals surface area (Å²) in [6.45, 7) is 1.88. The van der Waals surface area contributed by atoms with Crippen LogP contribution in [0.5, 0.6) is 0 Å². The number of nitrogens with zero attached hydrogens (tertiary/aromatic N) is 2. The lowest BCUT2D eigenvalue weighted by molar-refractivity contribution is -0.0693. The summed E-state index contributed by atoms with van der Waals surface area (Å²) < 4.78 is 40.2. The Morgan fingerprint density at radius 2 is 2.00 bits per heavy atom. The maximum Gasteiger partial charge on any atom is 0.257 e. The van der Waals surface area contributed by atoms with Crippen LogP contribution in [0.15, 0.2) is 64.1 Å². The van der Waals surface area contributed by atoms with Gasteiger partial charge in [-0.3, -0.25) is 4.79 Å². The van der Waals surface area contributed by atoms with E-state index in [9.17, 15) is 13.6 Å².